The monoisotopic (exact) mass is 896 g/mol. The number of carbonyl (C=O) groups is 5. The van der Waals surface area contributed by atoms with Crippen LogP contribution in [0.25, 0.3) is 0 Å². The fourth-order valence-electron chi connectivity index (χ4n) is 11.1. The highest BCUT2D eigenvalue weighted by Crippen LogP contribution is 2.51. The molecule has 4 bridgehead atoms. The van der Waals surface area contributed by atoms with Crippen molar-refractivity contribution in [3.63, 3.8) is 0 Å². The van der Waals surface area contributed by atoms with E-state index in [9.17, 15) is 39.3 Å². The van der Waals surface area contributed by atoms with Gasteiger partial charge in [-0.15, -0.1) is 0 Å². The number of amides is 1. The highest BCUT2D eigenvalue weighted by atomic mass is 16.6. The molecule has 5 aliphatic rings. The van der Waals surface area contributed by atoms with Gasteiger partial charge < -0.3 is 39.2 Å². The maximum absolute atomic E-state index is 14.4. The largest absolute Gasteiger partial charge is 0.460 e. The molecule has 64 heavy (non-hydrogen) atoms. The standard InChI is InChI=1S/C51H77NO12/c1-29-15-11-10-12-16-30(2)43(61-8)27-39-19-18-35(7)51(60,64-39)48(57)49(58)52-20-14-13-17-40(52)50(59)63-44(32(4)23-36-24-38-25-37(36)26-42(38)54)28-41(53)31(3)22-34(6)46(56)47(62-9)45(55)33(5)21-29/h10-12,15-16,22,29,31-33,35-40,42-44,46-47,54,56,60H,13-14,17-21,23-28H2,1-9H3/b12-10?,15-11+,30-16?,34-22+/t29-,31-,32-,33-,35-,36-,37+,38-,39+,40+,42-,43+,44+,46-,47+,51-/m1/s1. The predicted octanol–water partition coefficient (Wildman–Crippen LogP) is 6.41. The lowest BCUT2D eigenvalue weighted by atomic mass is 9.79. The number of cyclic esters (lactones) is 1. The molecule has 0 aromatic carbocycles. The lowest BCUT2D eigenvalue weighted by Crippen LogP contribution is -2.61. The Bertz CT molecular complexity index is 1780. The quantitative estimate of drug-likeness (QED) is 0.157. The second-order valence-corrected chi connectivity index (χ2v) is 20.1. The zero-order valence-electron chi connectivity index (χ0n) is 39.8. The number of aliphatic hydroxyl groups is 3. The zero-order chi connectivity index (χ0) is 47.0. The van der Waals surface area contributed by atoms with Crippen LogP contribution < -0.4 is 0 Å². The summed E-state index contributed by atoms with van der Waals surface area (Å²) in [5.41, 5.74) is 1.29. The van der Waals surface area contributed by atoms with Crippen molar-refractivity contribution in [3.8, 4) is 0 Å². The van der Waals surface area contributed by atoms with Crippen LogP contribution in [0.5, 0.6) is 0 Å². The van der Waals surface area contributed by atoms with Crippen molar-refractivity contribution >= 4 is 29.2 Å². The van der Waals surface area contributed by atoms with Gasteiger partial charge in [-0.05, 0) is 119 Å². The molecule has 3 aliphatic heterocycles. The van der Waals surface area contributed by atoms with E-state index in [4.69, 9.17) is 18.9 Å². The Labute approximate surface area is 381 Å². The van der Waals surface area contributed by atoms with Crippen molar-refractivity contribution in [1.82, 2.24) is 4.90 Å². The molecular formula is C51H77NO12. The number of piperidine rings is 1. The summed E-state index contributed by atoms with van der Waals surface area (Å²) in [5.74, 6) is -6.92. The van der Waals surface area contributed by atoms with Gasteiger partial charge in [-0.25, -0.2) is 4.79 Å². The van der Waals surface area contributed by atoms with Crippen molar-refractivity contribution in [3.05, 3.63) is 47.6 Å². The number of Topliss-reactive ketones (excluding diaryl/α,β-unsaturated/α-hetero) is 3. The van der Waals surface area contributed by atoms with Crippen LogP contribution in [0.1, 0.15) is 126 Å². The molecule has 13 nitrogen and oxygen atoms in total. The molecule has 4 fully saturated rings. The molecule has 0 aromatic heterocycles. The lowest BCUT2D eigenvalue weighted by Gasteiger charge is -2.42. The molecule has 13 heteroatoms. The summed E-state index contributed by atoms with van der Waals surface area (Å²) in [4.78, 5) is 71.8. The number of hydrogen-bond acceptors (Lipinski definition) is 12. The molecule has 3 N–H and O–H groups in total. The van der Waals surface area contributed by atoms with Crippen molar-refractivity contribution in [1.29, 1.82) is 0 Å². The van der Waals surface area contributed by atoms with Crippen LogP contribution in [-0.2, 0) is 42.9 Å². The van der Waals surface area contributed by atoms with E-state index >= 15 is 0 Å². The van der Waals surface area contributed by atoms with Crippen molar-refractivity contribution < 1.29 is 58.2 Å². The lowest BCUT2D eigenvalue weighted by molar-refractivity contribution is -0.265. The molecule has 3 heterocycles. The molecule has 0 spiro atoms. The number of ketones is 3. The third-order valence-electron chi connectivity index (χ3n) is 15.2. The van der Waals surface area contributed by atoms with Crippen LogP contribution in [-0.4, -0.2) is 119 Å². The van der Waals surface area contributed by atoms with E-state index in [-0.39, 0.29) is 54.8 Å². The minimum absolute atomic E-state index is 0.0279. The van der Waals surface area contributed by atoms with Crippen LogP contribution in [0.3, 0.4) is 0 Å². The van der Waals surface area contributed by atoms with E-state index in [2.05, 4.69) is 0 Å². The topological polar surface area (TPSA) is 186 Å². The normalized spacial score (nSPS) is 41.2. The summed E-state index contributed by atoms with van der Waals surface area (Å²) in [6.07, 6.45) is 12.9. The molecule has 0 unspecified atom stereocenters. The first-order chi connectivity index (χ1) is 30.3. The summed E-state index contributed by atoms with van der Waals surface area (Å²) in [5, 5.41) is 33.8. The highest BCUT2D eigenvalue weighted by molar-refractivity contribution is 6.39. The molecule has 358 valence electrons. The van der Waals surface area contributed by atoms with Gasteiger partial charge in [-0.3, -0.25) is 19.2 Å². The number of hydrogen-bond donors (Lipinski definition) is 3. The van der Waals surface area contributed by atoms with Crippen LogP contribution in [0.4, 0.5) is 0 Å². The van der Waals surface area contributed by atoms with Crippen LogP contribution in [0.2, 0.25) is 0 Å². The summed E-state index contributed by atoms with van der Waals surface area (Å²) in [6.45, 7) is 12.9. The summed E-state index contributed by atoms with van der Waals surface area (Å²) in [6, 6.07) is -1.11. The zero-order valence-corrected chi connectivity index (χ0v) is 39.8. The third-order valence-corrected chi connectivity index (χ3v) is 15.2. The molecule has 1 amide bonds. The average Bonchev–Trinajstić information content (AvgIpc) is 3.84. The maximum atomic E-state index is 14.4. The molecule has 2 saturated carbocycles. The predicted molar refractivity (Wildman–Crippen MR) is 241 cm³/mol. The fourth-order valence-corrected chi connectivity index (χ4v) is 11.1. The van der Waals surface area contributed by atoms with Crippen LogP contribution >= 0.6 is 0 Å². The van der Waals surface area contributed by atoms with Gasteiger partial charge in [0.1, 0.15) is 30.1 Å². The summed E-state index contributed by atoms with van der Waals surface area (Å²) in [7, 11) is 2.97. The Morgan fingerprint density at radius 3 is 2.25 bits per heavy atom. The molecule has 2 saturated heterocycles. The maximum Gasteiger partial charge on any atom is 0.329 e. The van der Waals surface area contributed by atoms with Gasteiger partial charge >= 0.3 is 5.97 Å². The SMILES string of the molecule is CO[C@H]1C[C@@H]2CC[C@@H](C)[C@@](O)(O2)C(=O)C(=O)N2CCCC[C@H]2C(=O)O[C@H]([C@H](C)C[C@@H]2C[C@@H]3C[C@H]2C[C@H]3O)CC(=O)[C@H](C)/C=C(\C)[C@@H](O)[C@@H](OC)C(=O)[C@H](C)C[C@H](C)/C=C/C=CC=C1C. The van der Waals surface area contributed by atoms with Gasteiger partial charge in [0.25, 0.3) is 11.7 Å². The molecule has 2 aliphatic carbocycles. The smallest absolute Gasteiger partial charge is 0.329 e. The average molecular weight is 896 g/mol. The Hall–Kier alpha value is -3.33. The van der Waals surface area contributed by atoms with Gasteiger partial charge in [0.2, 0.25) is 5.79 Å². The van der Waals surface area contributed by atoms with Gasteiger partial charge in [0, 0.05) is 51.4 Å². The summed E-state index contributed by atoms with van der Waals surface area (Å²) >= 11 is 0. The number of allylic oxidation sites excluding steroid dienone is 6. The second-order valence-electron chi connectivity index (χ2n) is 20.1. The number of esters is 1. The van der Waals surface area contributed by atoms with Crippen LogP contribution in [0, 0.1) is 47.3 Å². The Kier molecular flexibility index (Phi) is 18.5. The van der Waals surface area contributed by atoms with E-state index < -0.39 is 77.8 Å². The summed E-state index contributed by atoms with van der Waals surface area (Å²) < 4.78 is 23.8. The number of fused-ring (bicyclic) bond motifs is 5. The molecule has 5 rings (SSSR count). The van der Waals surface area contributed by atoms with E-state index in [1.54, 1.807) is 34.0 Å². The Morgan fingerprint density at radius 2 is 1.59 bits per heavy atom. The van der Waals surface area contributed by atoms with Gasteiger partial charge in [-0.2, -0.15) is 0 Å². The highest BCUT2D eigenvalue weighted by Gasteiger charge is 2.53. The number of methoxy groups -OCH3 is 2. The molecule has 0 radical (unpaired) electrons. The van der Waals surface area contributed by atoms with E-state index in [0.29, 0.717) is 62.4 Å². The Morgan fingerprint density at radius 1 is 0.859 bits per heavy atom. The van der Waals surface area contributed by atoms with Crippen molar-refractivity contribution in [2.24, 2.45) is 47.3 Å². The third kappa shape index (κ3) is 12.4. The van der Waals surface area contributed by atoms with E-state index in [0.717, 1.165) is 24.8 Å². The minimum atomic E-state index is -2.41. The first-order valence-corrected chi connectivity index (χ1v) is 23.9. The first kappa shape index (κ1) is 51.7. The number of nitrogens with zero attached hydrogens (tertiary/aromatic N) is 1. The van der Waals surface area contributed by atoms with Gasteiger partial charge in [0.05, 0.1) is 18.3 Å². The first-order valence-electron chi connectivity index (χ1n) is 23.9. The molecular weight excluding hydrogens is 819 g/mol. The van der Waals surface area contributed by atoms with Crippen LogP contribution in [0.15, 0.2) is 47.6 Å². The van der Waals surface area contributed by atoms with E-state index in [1.165, 1.54) is 12.0 Å². The second kappa shape index (κ2) is 22.9. The molecule has 16 atom stereocenters. The number of carbonyl (C=O) groups excluding carboxylic acids is 5. The van der Waals surface area contributed by atoms with Crippen molar-refractivity contribution in [2.45, 2.75) is 174 Å². The molecule has 0 aromatic rings. The van der Waals surface area contributed by atoms with Gasteiger partial charge in [0.15, 0.2) is 5.78 Å². The fraction of sp³-hybridized carbons (Fsp3) is 0.745. The van der Waals surface area contributed by atoms with Crippen molar-refractivity contribution in [2.75, 3.05) is 20.8 Å². The Balaban J connectivity index is 1.46. The minimum Gasteiger partial charge on any atom is -0.460 e. The van der Waals surface area contributed by atoms with E-state index in [1.807, 2.05) is 58.1 Å². The van der Waals surface area contributed by atoms with Gasteiger partial charge in [-0.1, -0.05) is 71.1 Å². The number of rotatable bonds is 5. The number of ether oxygens (including phenoxy) is 4. The number of aliphatic hydroxyl groups excluding tert-OH is 2.